The molecule has 0 heterocycles. The Labute approximate surface area is 136 Å². The minimum Gasteiger partial charge on any atom is -0.355 e. The van der Waals surface area contributed by atoms with Crippen molar-refractivity contribution >= 4 is 5.91 Å². The Bertz CT molecular complexity index is 263. The van der Waals surface area contributed by atoms with E-state index in [0.717, 1.165) is 52.0 Å². The Morgan fingerprint density at radius 2 is 1.50 bits per heavy atom. The number of unbranched alkanes of at least 4 members (excludes halogenated alkanes) is 1. The Kier molecular flexibility index (Phi) is 14.7. The molecule has 0 saturated carbocycles. The molecule has 0 saturated heterocycles. The van der Waals surface area contributed by atoms with Crippen LogP contribution in [0.15, 0.2) is 0 Å². The molecule has 0 aliphatic rings. The molecule has 7 N–H and O–H groups in total. The van der Waals surface area contributed by atoms with Crippen LogP contribution in [0.3, 0.4) is 0 Å². The Hall–Kier alpha value is -0.690. The zero-order valence-electron chi connectivity index (χ0n) is 14.5. The van der Waals surface area contributed by atoms with Crippen LogP contribution in [0.25, 0.3) is 0 Å². The van der Waals surface area contributed by atoms with Crippen molar-refractivity contribution in [3.63, 3.8) is 0 Å². The highest BCUT2D eigenvalue weighted by Crippen LogP contribution is 2.04. The van der Waals surface area contributed by atoms with Crippen LogP contribution in [0.4, 0.5) is 0 Å². The zero-order valence-corrected chi connectivity index (χ0v) is 14.5. The average molecular weight is 316 g/mol. The van der Waals surface area contributed by atoms with E-state index in [1.807, 2.05) is 6.92 Å². The van der Waals surface area contributed by atoms with Gasteiger partial charge in [-0.25, -0.2) is 0 Å². The van der Waals surface area contributed by atoms with Gasteiger partial charge in [-0.1, -0.05) is 20.3 Å². The molecular weight excluding hydrogens is 278 g/mol. The standard InChI is InChI=1S/C16H37N5O/c1-3-14(2)15(18)16(22)21-13-7-12-20-10-5-4-9-19-11-6-8-17/h14-15,19-20H,3-13,17-18H2,1-2H3,(H,21,22)/t14-,15-/m0/s1. The van der Waals surface area contributed by atoms with Gasteiger partial charge in [-0.2, -0.15) is 0 Å². The predicted octanol–water partition coefficient (Wildman–Crippen LogP) is 0.174. The fourth-order valence-corrected chi connectivity index (χ4v) is 2.03. The van der Waals surface area contributed by atoms with Gasteiger partial charge in [-0.05, 0) is 64.3 Å². The van der Waals surface area contributed by atoms with Gasteiger partial charge in [0.25, 0.3) is 0 Å². The molecule has 0 spiro atoms. The summed E-state index contributed by atoms with van der Waals surface area (Å²) in [6.07, 6.45) is 5.26. The van der Waals surface area contributed by atoms with E-state index in [-0.39, 0.29) is 17.9 Å². The van der Waals surface area contributed by atoms with Crippen molar-refractivity contribution in [2.75, 3.05) is 39.3 Å². The molecule has 6 nitrogen and oxygen atoms in total. The van der Waals surface area contributed by atoms with E-state index in [0.29, 0.717) is 6.54 Å². The zero-order chi connectivity index (χ0) is 16.6. The molecule has 22 heavy (non-hydrogen) atoms. The second-order valence-corrected chi connectivity index (χ2v) is 5.91. The molecular formula is C16H37N5O. The molecule has 132 valence electrons. The molecule has 0 aliphatic carbocycles. The van der Waals surface area contributed by atoms with Crippen LogP contribution in [0.2, 0.25) is 0 Å². The van der Waals surface area contributed by atoms with E-state index in [1.165, 1.54) is 12.8 Å². The van der Waals surface area contributed by atoms with Crippen LogP contribution in [-0.2, 0) is 4.79 Å². The van der Waals surface area contributed by atoms with Crippen LogP contribution in [0.5, 0.6) is 0 Å². The summed E-state index contributed by atoms with van der Waals surface area (Å²) < 4.78 is 0. The number of rotatable bonds is 15. The quantitative estimate of drug-likeness (QED) is 0.277. The first kappa shape index (κ1) is 21.3. The first-order chi connectivity index (χ1) is 10.6. The number of hydrogen-bond donors (Lipinski definition) is 5. The molecule has 0 unspecified atom stereocenters. The lowest BCUT2D eigenvalue weighted by atomic mass is 9.99. The SMILES string of the molecule is CC[C@H](C)[C@H](N)C(=O)NCCCNCCCCNCCCN. The summed E-state index contributed by atoms with van der Waals surface area (Å²) in [6.45, 7) is 9.54. The van der Waals surface area contributed by atoms with E-state index in [1.54, 1.807) is 0 Å². The summed E-state index contributed by atoms with van der Waals surface area (Å²) in [5.74, 6) is 0.203. The van der Waals surface area contributed by atoms with Crippen molar-refractivity contribution in [2.45, 2.75) is 52.0 Å². The monoisotopic (exact) mass is 315 g/mol. The fourth-order valence-electron chi connectivity index (χ4n) is 2.03. The van der Waals surface area contributed by atoms with Crippen molar-refractivity contribution in [1.82, 2.24) is 16.0 Å². The molecule has 0 rings (SSSR count). The van der Waals surface area contributed by atoms with Crippen LogP contribution in [-0.4, -0.2) is 51.2 Å². The Balaban J connectivity index is 3.28. The Morgan fingerprint density at radius 3 is 2.05 bits per heavy atom. The summed E-state index contributed by atoms with van der Waals surface area (Å²) in [7, 11) is 0. The highest BCUT2D eigenvalue weighted by Gasteiger charge is 2.18. The highest BCUT2D eigenvalue weighted by molar-refractivity contribution is 5.81. The number of carbonyl (C=O) groups excluding carboxylic acids is 1. The third kappa shape index (κ3) is 11.9. The largest absolute Gasteiger partial charge is 0.355 e. The number of amides is 1. The lowest BCUT2D eigenvalue weighted by molar-refractivity contribution is -0.123. The number of hydrogen-bond acceptors (Lipinski definition) is 5. The first-order valence-corrected chi connectivity index (χ1v) is 8.78. The van der Waals surface area contributed by atoms with E-state index >= 15 is 0 Å². The number of nitrogens with two attached hydrogens (primary N) is 2. The van der Waals surface area contributed by atoms with Gasteiger partial charge in [-0.15, -0.1) is 0 Å². The van der Waals surface area contributed by atoms with Gasteiger partial charge in [0.15, 0.2) is 0 Å². The summed E-state index contributed by atoms with van der Waals surface area (Å²) in [4.78, 5) is 11.8. The molecule has 0 aromatic heterocycles. The molecule has 6 heteroatoms. The molecule has 0 fully saturated rings. The molecule has 1 amide bonds. The van der Waals surface area contributed by atoms with E-state index in [9.17, 15) is 4.79 Å². The van der Waals surface area contributed by atoms with Crippen LogP contribution in [0, 0.1) is 5.92 Å². The van der Waals surface area contributed by atoms with Crippen LogP contribution in [0.1, 0.15) is 46.0 Å². The molecule has 0 radical (unpaired) electrons. The number of nitrogens with one attached hydrogen (secondary N) is 3. The number of carbonyl (C=O) groups is 1. The maximum Gasteiger partial charge on any atom is 0.237 e. The average Bonchev–Trinajstić information content (AvgIpc) is 2.54. The van der Waals surface area contributed by atoms with Crippen molar-refractivity contribution in [1.29, 1.82) is 0 Å². The first-order valence-electron chi connectivity index (χ1n) is 8.78. The maximum absolute atomic E-state index is 11.8. The van der Waals surface area contributed by atoms with Gasteiger partial charge < -0.3 is 27.4 Å². The van der Waals surface area contributed by atoms with E-state index in [4.69, 9.17) is 11.5 Å². The summed E-state index contributed by atoms with van der Waals surface area (Å²) in [5.41, 5.74) is 11.3. The van der Waals surface area contributed by atoms with Crippen molar-refractivity contribution < 1.29 is 4.79 Å². The van der Waals surface area contributed by atoms with Crippen LogP contribution >= 0.6 is 0 Å². The molecule has 0 aromatic carbocycles. The minimum absolute atomic E-state index is 0.0297. The third-order valence-electron chi connectivity index (χ3n) is 3.90. The molecule has 0 aromatic rings. The van der Waals surface area contributed by atoms with Crippen LogP contribution < -0.4 is 27.4 Å². The topological polar surface area (TPSA) is 105 Å². The summed E-state index contributed by atoms with van der Waals surface area (Å²) >= 11 is 0. The normalized spacial score (nSPS) is 13.8. The molecule has 0 aliphatic heterocycles. The van der Waals surface area contributed by atoms with E-state index in [2.05, 4.69) is 22.9 Å². The fraction of sp³-hybridized carbons (Fsp3) is 0.938. The lowest BCUT2D eigenvalue weighted by Gasteiger charge is -2.17. The minimum atomic E-state index is -0.385. The molecule has 0 bridgehead atoms. The van der Waals surface area contributed by atoms with Gasteiger partial charge in [-0.3, -0.25) is 4.79 Å². The van der Waals surface area contributed by atoms with Gasteiger partial charge in [0.05, 0.1) is 6.04 Å². The van der Waals surface area contributed by atoms with Crippen molar-refractivity contribution in [3.05, 3.63) is 0 Å². The lowest BCUT2D eigenvalue weighted by Crippen LogP contribution is -2.45. The van der Waals surface area contributed by atoms with Gasteiger partial charge >= 0.3 is 0 Å². The third-order valence-corrected chi connectivity index (χ3v) is 3.90. The summed E-state index contributed by atoms with van der Waals surface area (Å²) in [6, 6.07) is -0.385. The van der Waals surface area contributed by atoms with Crippen molar-refractivity contribution in [2.24, 2.45) is 17.4 Å². The van der Waals surface area contributed by atoms with Gasteiger partial charge in [0.2, 0.25) is 5.91 Å². The van der Waals surface area contributed by atoms with Gasteiger partial charge in [0.1, 0.15) is 0 Å². The Morgan fingerprint density at radius 1 is 0.955 bits per heavy atom. The summed E-state index contributed by atoms with van der Waals surface area (Å²) in [5, 5.41) is 9.67. The second-order valence-electron chi connectivity index (χ2n) is 5.91. The van der Waals surface area contributed by atoms with Gasteiger partial charge in [0, 0.05) is 6.54 Å². The highest BCUT2D eigenvalue weighted by atomic mass is 16.2. The smallest absolute Gasteiger partial charge is 0.237 e. The molecule has 2 atom stereocenters. The van der Waals surface area contributed by atoms with Crippen molar-refractivity contribution in [3.8, 4) is 0 Å². The maximum atomic E-state index is 11.8. The predicted molar refractivity (Wildman–Crippen MR) is 93.7 cm³/mol. The second kappa shape index (κ2) is 15.2. The van der Waals surface area contributed by atoms with E-state index < -0.39 is 0 Å².